The van der Waals surface area contributed by atoms with Crippen LogP contribution in [-0.4, -0.2) is 11.1 Å². The van der Waals surface area contributed by atoms with Gasteiger partial charge in [-0.3, -0.25) is 4.79 Å². The van der Waals surface area contributed by atoms with E-state index in [4.69, 9.17) is 5.11 Å². The maximum atomic E-state index is 13.1. The molecule has 16 heavy (non-hydrogen) atoms. The van der Waals surface area contributed by atoms with Crippen LogP contribution in [0.5, 0.6) is 0 Å². The first kappa shape index (κ1) is 12.7. The summed E-state index contributed by atoms with van der Waals surface area (Å²) in [6.45, 7) is 5.65. The summed E-state index contributed by atoms with van der Waals surface area (Å²) in [5.74, 6) is -0.903. The highest BCUT2D eigenvalue weighted by atomic mass is 19.1. The van der Waals surface area contributed by atoms with Gasteiger partial charge in [-0.25, -0.2) is 4.39 Å². The zero-order valence-electron chi connectivity index (χ0n) is 9.83. The molecule has 1 N–H and O–H groups in total. The van der Waals surface area contributed by atoms with Gasteiger partial charge in [0.15, 0.2) is 0 Å². The molecule has 0 fully saturated rings. The molecule has 0 saturated carbocycles. The molecular formula is C13H17FO2. The van der Waals surface area contributed by atoms with Crippen LogP contribution in [0.1, 0.15) is 37.3 Å². The highest BCUT2D eigenvalue weighted by Crippen LogP contribution is 2.28. The molecule has 0 spiro atoms. The fourth-order valence-electron chi connectivity index (χ4n) is 1.83. The number of aliphatic carboxylic acids is 1. The molecule has 0 aliphatic heterocycles. The second-order valence-corrected chi connectivity index (χ2v) is 4.46. The number of rotatable bonds is 4. The number of carboxylic acids is 1. The van der Waals surface area contributed by atoms with Crippen LogP contribution in [0.3, 0.4) is 0 Å². The third kappa shape index (κ3) is 3.05. The predicted molar refractivity (Wildman–Crippen MR) is 61.0 cm³/mol. The predicted octanol–water partition coefficient (Wildman–Crippen LogP) is 3.35. The molecule has 0 aliphatic carbocycles. The van der Waals surface area contributed by atoms with Gasteiger partial charge in [0.05, 0.1) is 6.42 Å². The van der Waals surface area contributed by atoms with Gasteiger partial charge in [0.1, 0.15) is 5.82 Å². The Kier molecular flexibility index (Phi) is 4.05. The minimum Gasteiger partial charge on any atom is -0.481 e. The first-order chi connectivity index (χ1) is 7.41. The third-order valence-corrected chi connectivity index (χ3v) is 2.81. The summed E-state index contributed by atoms with van der Waals surface area (Å²) in [6.07, 6.45) is 0.0861. The van der Waals surface area contributed by atoms with Crippen molar-refractivity contribution in [3.8, 4) is 0 Å². The summed E-state index contributed by atoms with van der Waals surface area (Å²) in [5, 5.41) is 8.84. The first-order valence-electron chi connectivity index (χ1n) is 5.39. The number of aryl methyl sites for hydroxylation is 1. The molecule has 1 atom stereocenters. The number of carboxylic acid groups (broad SMARTS) is 1. The van der Waals surface area contributed by atoms with Crippen molar-refractivity contribution in [1.82, 2.24) is 0 Å². The van der Waals surface area contributed by atoms with E-state index in [0.717, 1.165) is 5.56 Å². The summed E-state index contributed by atoms with van der Waals surface area (Å²) < 4.78 is 13.1. The number of carbonyl (C=O) groups is 1. The fourth-order valence-corrected chi connectivity index (χ4v) is 1.83. The maximum absolute atomic E-state index is 13.1. The first-order valence-corrected chi connectivity index (χ1v) is 5.39. The van der Waals surface area contributed by atoms with Crippen LogP contribution in [-0.2, 0) is 4.79 Å². The van der Waals surface area contributed by atoms with Gasteiger partial charge < -0.3 is 5.11 Å². The van der Waals surface area contributed by atoms with Crippen molar-refractivity contribution in [3.63, 3.8) is 0 Å². The summed E-state index contributed by atoms with van der Waals surface area (Å²) in [4.78, 5) is 10.8. The van der Waals surface area contributed by atoms with Crippen molar-refractivity contribution in [2.24, 2.45) is 5.92 Å². The Balaban J connectivity index is 3.01. The number of benzene rings is 1. The molecule has 0 amide bonds. The third-order valence-electron chi connectivity index (χ3n) is 2.81. The molecule has 2 nitrogen and oxygen atoms in total. The topological polar surface area (TPSA) is 37.3 Å². The number of hydrogen-bond donors (Lipinski definition) is 1. The minimum absolute atomic E-state index is 0.0585. The van der Waals surface area contributed by atoms with Gasteiger partial charge in [0.2, 0.25) is 0 Å². The maximum Gasteiger partial charge on any atom is 0.303 e. The van der Waals surface area contributed by atoms with Crippen LogP contribution < -0.4 is 0 Å². The second kappa shape index (κ2) is 5.10. The van der Waals surface area contributed by atoms with E-state index in [9.17, 15) is 9.18 Å². The Morgan fingerprint density at radius 1 is 1.44 bits per heavy atom. The molecule has 0 unspecified atom stereocenters. The Hall–Kier alpha value is -1.38. The van der Waals surface area contributed by atoms with E-state index in [0.29, 0.717) is 5.56 Å². The van der Waals surface area contributed by atoms with Gasteiger partial charge in [-0.05, 0) is 36.0 Å². The lowest BCUT2D eigenvalue weighted by molar-refractivity contribution is -0.137. The Morgan fingerprint density at radius 3 is 2.50 bits per heavy atom. The van der Waals surface area contributed by atoms with E-state index in [-0.39, 0.29) is 24.1 Å². The van der Waals surface area contributed by atoms with E-state index in [1.165, 1.54) is 6.07 Å². The van der Waals surface area contributed by atoms with Gasteiger partial charge in [0, 0.05) is 0 Å². The molecule has 1 aromatic rings. The molecule has 1 aromatic carbocycles. The van der Waals surface area contributed by atoms with E-state index >= 15 is 0 Å². The molecule has 0 radical (unpaired) electrons. The lowest BCUT2D eigenvalue weighted by Gasteiger charge is -2.19. The molecule has 3 heteroatoms. The van der Waals surface area contributed by atoms with E-state index in [1.807, 2.05) is 13.8 Å². The number of halogens is 1. The van der Waals surface area contributed by atoms with Crippen LogP contribution in [0, 0.1) is 18.7 Å². The molecule has 1 rings (SSSR count). The van der Waals surface area contributed by atoms with Crippen molar-refractivity contribution in [2.75, 3.05) is 0 Å². The van der Waals surface area contributed by atoms with Crippen LogP contribution in [0.15, 0.2) is 18.2 Å². The average Bonchev–Trinajstić information content (AvgIpc) is 2.18. The largest absolute Gasteiger partial charge is 0.481 e. The average molecular weight is 224 g/mol. The molecule has 88 valence electrons. The van der Waals surface area contributed by atoms with E-state index in [2.05, 4.69) is 0 Å². The summed E-state index contributed by atoms with van der Waals surface area (Å²) >= 11 is 0. The van der Waals surface area contributed by atoms with E-state index in [1.54, 1.807) is 19.1 Å². The lowest BCUT2D eigenvalue weighted by atomic mass is 9.85. The molecular weight excluding hydrogens is 207 g/mol. The molecule has 0 saturated heterocycles. The highest BCUT2D eigenvalue weighted by molar-refractivity contribution is 5.68. The molecule has 0 aromatic heterocycles. The molecule has 0 heterocycles. The molecule has 0 bridgehead atoms. The van der Waals surface area contributed by atoms with Gasteiger partial charge in [-0.2, -0.15) is 0 Å². The Bertz CT molecular complexity index is 386. The summed E-state index contributed by atoms with van der Waals surface area (Å²) in [6, 6.07) is 4.82. The zero-order valence-corrected chi connectivity index (χ0v) is 9.83. The van der Waals surface area contributed by atoms with Crippen LogP contribution >= 0.6 is 0 Å². The van der Waals surface area contributed by atoms with Gasteiger partial charge >= 0.3 is 5.97 Å². The normalized spacial score (nSPS) is 12.8. The number of hydrogen-bond acceptors (Lipinski definition) is 1. The van der Waals surface area contributed by atoms with Gasteiger partial charge in [-0.1, -0.05) is 26.0 Å². The monoisotopic (exact) mass is 224 g/mol. The summed E-state index contributed by atoms with van der Waals surface area (Å²) in [5.41, 5.74) is 1.46. The zero-order chi connectivity index (χ0) is 12.3. The van der Waals surface area contributed by atoms with Crippen LogP contribution in [0.2, 0.25) is 0 Å². The van der Waals surface area contributed by atoms with Gasteiger partial charge in [0.25, 0.3) is 0 Å². The van der Waals surface area contributed by atoms with Crippen LogP contribution in [0.4, 0.5) is 4.39 Å². The lowest BCUT2D eigenvalue weighted by Crippen LogP contribution is -2.12. The quantitative estimate of drug-likeness (QED) is 0.851. The van der Waals surface area contributed by atoms with Crippen molar-refractivity contribution < 1.29 is 14.3 Å². The standard InChI is InChI=1S/C13H17FO2/c1-8(2)11(7-13(15)16)10-4-5-12(14)9(3)6-10/h4-6,8,11H,7H2,1-3H3,(H,15,16)/t11-/m0/s1. The Labute approximate surface area is 95.1 Å². The van der Waals surface area contributed by atoms with Crippen molar-refractivity contribution in [2.45, 2.75) is 33.1 Å². The smallest absolute Gasteiger partial charge is 0.303 e. The molecule has 0 aliphatic rings. The van der Waals surface area contributed by atoms with Crippen molar-refractivity contribution in [1.29, 1.82) is 0 Å². The fraction of sp³-hybridized carbons (Fsp3) is 0.462. The van der Waals surface area contributed by atoms with Crippen molar-refractivity contribution in [3.05, 3.63) is 35.1 Å². The van der Waals surface area contributed by atoms with E-state index < -0.39 is 5.97 Å². The van der Waals surface area contributed by atoms with Crippen LogP contribution in [0.25, 0.3) is 0 Å². The van der Waals surface area contributed by atoms with Crippen molar-refractivity contribution >= 4 is 5.97 Å². The second-order valence-electron chi connectivity index (χ2n) is 4.46. The minimum atomic E-state index is -0.819. The SMILES string of the molecule is Cc1cc([C@@H](CC(=O)O)C(C)C)ccc1F. The van der Waals surface area contributed by atoms with Gasteiger partial charge in [-0.15, -0.1) is 0 Å². The highest BCUT2D eigenvalue weighted by Gasteiger charge is 2.19. The summed E-state index contributed by atoms with van der Waals surface area (Å²) in [7, 11) is 0. The Morgan fingerprint density at radius 2 is 2.06 bits per heavy atom.